The van der Waals surface area contributed by atoms with Gasteiger partial charge in [-0.15, -0.1) is 0 Å². The molecule has 8 unspecified atom stereocenters. The second kappa shape index (κ2) is 7.39. The summed E-state index contributed by atoms with van der Waals surface area (Å²) in [5, 5.41) is 7.00. The molecule has 8 atom stereocenters. The van der Waals surface area contributed by atoms with Gasteiger partial charge in [0.2, 0.25) is 0 Å². The van der Waals surface area contributed by atoms with Crippen LogP contribution in [0, 0.1) is 40.4 Å². The molecule has 0 bridgehead atoms. The topological polar surface area (TPSA) is 46.2 Å². The van der Waals surface area contributed by atoms with Gasteiger partial charge >= 0.3 is 0 Å². The molecular weight excluding hydrogens is 318 g/mol. The van der Waals surface area contributed by atoms with E-state index in [1.54, 1.807) is 0 Å². The summed E-state index contributed by atoms with van der Waals surface area (Å²) in [4.78, 5) is 0. The minimum atomic E-state index is 0.151. The molecule has 0 aromatic heterocycles. The highest BCUT2D eigenvalue weighted by molar-refractivity contribution is 5.18. The third-order valence-corrected chi connectivity index (χ3v) is 10.2. The highest BCUT2D eigenvalue weighted by Crippen LogP contribution is 2.69. The summed E-state index contributed by atoms with van der Waals surface area (Å²) < 4.78 is 0. The molecule has 0 spiro atoms. The Bertz CT molecular complexity index is 493. The third kappa shape index (κ3) is 2.81. The van der Waals surface area contributed by atoms with Crippen LogP contribution in [-0.4, -0.2) is 17.8 Å². The first kappa shape index (κ1) is 20.6. The molecule has 2 nitrogen and oxygen atoms in total. The molecule has 0 aromatic carbocycles. The van der Waals surface area contributed by atoms with Gasteiger partial charge in [0.05, 0.1) is 0 Å². The molecule has 4 aliphatic carbocycles. The summed E-state index contributed by atoms with van der Waals surface area (Å²) in [7, 11) is 1.00. The van der Waals surface area contributed by atoms with Gasteiger partial charge in [-0.2, -0.15) is 0 Å². The molecule has 0 amide bonds. The maximum Gasteiger partial charge on any atom is 0.0319 e. The number of aliphatic hydroxyl groups excluding tert-OH is 1. The van der Waals surface area contributed by atoms with Crippen LogP contribution in [0.15, 0.2) is 0 Å². The number of hydrogen-bond acceptors (Lipinski definition) is 2. The quantitative estimate of drug-likeness (QED) is 0.654. The van der Waals surface area contributed by atoms with E-state index in [1.165, 1.54) is 70.6 Å². The van der Waals surface area contributed by atoms with E-state index in [0.29, 0.717) is 10.8 Å². The first-order valence-electron chi connectivity index (χ1n) is 11.6. The summed E-state index contributed by atoms with van der Waals surface area (Å²) in [6, 6.07) is 0. The van der Waals surface area contributed by atoms with E-state index in [4.69, 9.17) is 10.8 Å². The average molecular weight is 364 g/mol. The Morgan fingerprint density at radius 2 is 1.58 bits per heavy atom. The molecule has 0 radical (unpaired) electrons. The average Bonchev–Trinajstić information content (AvgIpc) is 3.00. The predicted octanol–water partition coefficient (Wildman–Crippen LogP) is 5.77. The molecule has 4 fully saturated rings. The number of hydrogen-bond donors (Lipinski definition) is 2. The van der Waals surface area contributed by atoms with Crippen LogP contribution < -0.4 is 5.73 Å². The molecule has 4 rings (SSSR count). The van der Waals surface area contributed by atoms with Gasteiger partial charge in [-0.05, 0) is 91.8 Å². The molecule has 0 saturated heterocycles. The van der Waals surface area contributed by atoms with Gasteiger partial charge < -0.3 is 10.8 Å². The highest BCUT2D eigenvalue weighted by atomic mass is 16.2. The van der Waals surface area contributed by atoms with Crippen molar-refractivity contribution >= 4 is 0 Å². The number of rotatable bonds is 2. The van der Waals surface area contributed by atoms with Crippen LogP contribution >= 0.6 is 0 Å². The third-order valence-electron chi connectivity index (χ3n) is 10.2. The molecular formula is C24H45NO. The van der Waals surface area contributed by atoms with Crippen LogP contribution in [0.2, 0.25) is 0 Å². The number of nitrogens with two attached hydrogens (primary N) is 1. The van der Waals surface area contributed by atoms with Crippen LogP contribution in [0.4, 0.5) is 0 Å². The van der Waals surface area contributed by atoms with Crippen molar-refractivity contribution in [3.05, 3.63) is 0 Å². The van der Waals surface area contributed by atoms with E-state index in [2.05, 4.69) is 27.7 Å². The molecule has 3 N–H and O–H groups in total. The monoisotopic (exact) mass is 363 g/mol. The maximum atomic E-state index is 7.43. The molecule has 4 saturated carbocycles. The largest absolute Gasteiger partial charge is 0.400 e. The van der Waals surface area contributed by atoms with Crippen LogP contribution in [0.1, 0.15) is 98.3 Å². The Labute approximate surface area is 162 Å². The summed E-state index contributed by atoms with van der Waals surface area (Å²) in [6.45, 7) is 10.2. The Balaban J connectivity index is 0.000000948. The van der Waals surface area contributed by atoms with Crippen molar-refractivity contribution in [2.45, 2.75) is 104 Å². The Kier molecular flexibility index (Phi) is 5.87. The zero-order valence-corrected chi connectivity index (χ0v) is 18.2. The SMILES string of the molecule is CCC(C)C1CCC2C1(C)CCC1C3(C)CCCCC3CCC12N.CO. The Morgan fingerprint density at radius 3 is 2.27 bits per heavy atom. The Hall–Kier alpha value is -0.0800. The van der Waals surface area contributed by atoms with Crippen molar-refractivity contribution in [3.63, 3.8) is 0 Å². The summed E-state index contributed by atoms with van der Waals surface area (Å²) >= 11 is 0. The lowest BCUT2D eigenvalue weighted by molar-refractivity contribution is -0.128. The lowest BCUT2D eigenvalue weighted by Gasteiger charge is -2.65. The molecule has 0 aromatic rings. The van der Waals surface area contributed by atoms with Gasteiger partial charge in [0.1, 0.15) is 0 Å². The molecule has 0 heterocycles. The van der Waals surface area contributed by atoms with E-state index in [9.17, 15) is 0 Å². The summed E-state index contributed by atoms with van der Waals surface area (Å²) in [6.07, 6.45) is 15.7. The summed E-state index contributed by atoms with van der Waals surface area (Å²) in [5.74, 6) is 4.37. The predicted molar refractivity (Wildman–Crippen MR) is 111 cm³/mol. The first-order valence-corrected chi connectivity index (χ1v) is 11.6. The van der Waals surface area contributed by atoms with Crippen molar-refractivity contribution in [2.24, 2.45) is 46.2 Å². The normalized spacial score (nSPS) is 51.3. The lowest BCUT2D eigenvalue weighted by Crippen LogP contribution is -2.67. The van der Waals surface area contributed by atoms with E-state index in [0.717, 1.165) is 36.7 Å². The zero-order valence-electron chi connectivity index (χ0n) is 18.2. The van der Waals surface area contributed by atoms with Crippen molar-refractivity contribution in [3.8, 4) is 0 Å². The van der Waals surface area contributed by atoms with Crippen LogP contribution in [0.3, 0.4) is 0 Å². The van der Waals surface area contributed by atoms with E-state index in [1.807, 2.05) is 0 Å². The maximum absolute atomic E-state index is 7.43. The minimum absolute atomic E-state index is 0.151. The zero-order chi connectivity index (χ0) is 19.2. The van der Waals surface area contributed by atoms with Gasteiger partial charge in [0.15, 0.2) is 0 Å². The van der Waals surface area contributed by atoms with Crippen molar-refractivity contribution < 1.29 is 5.11 Å². The van der Waals surface area contributed by atoms with Gasteiger partial charge in [-0.3, -0.25) is 0 Å². The van der Waals surface area contributed by atoms with Gasteiger partial charge in [0, 0.05) is 12.6 Å². The van der Waals surface area contributed by atoms with Gasteiger partial charge in [-0.1, -0.05) is 47.0 Å². The standard InChI is InChI=1S/C23H41N.CH4O/c1-5-16(2)18-9-10-19-22(18,4)14-12-20-21(3)13-7-6-8-17(21)11-15-23(19,20)24;1-2/h16-20H,5-15,24H2,1-4H3;2H,1H3. The smallest absolute Gasteiger partial charge is 0.0319 e. The number of aliphatic hydroxyl groups is 1. The summed E-state index contributed by atoms with van der Waals surface area (Å²) in [5.41, 5.74) is 8.66. The highest BCUT2D eigenvalue weighted by Gasteiger charge is 2.65. The fourth-order valence-electron chi connectivity index (χ4n) is 8.77. The van der Waals surface area contributed by atoms with Crippen LogP contribution in [-0.2, 0) is 0 Å². The van der Waals surface area contributed by atoms with E-state index < -0.39 is 0 Å². The fraction of sp³-hybridized carbons (Fsp3) is 1.00. The van der Waals surface area contributed by atoms with Gasteiger partial charge in [0.25, 0.3) is 0 Å². The lowest BCUT2D eigenvalue weighted by atomic mass is 9.42. The minimum Gasteiger partial charge on any atom is -0.400 e. The second-order valence-electron chi connectivity index (χ2n) is 10.8. The number of fused-ring (bicyclic) bond motifs is 5. The first-order chi connectivity index (χ1) is 12.4. The van der Waals surface area contributed by atoms with E-state index in [-0.39, 0.29) is 5.54 Å². The Morgan fingerprint density at radius 1 is 0.885 bits per heavy atom. The second-order valence-corrected chi connectivity index (χ2v) is 10.8. The fourth-order valence-corrected chi connectivity index (χ4v) is 8.77. The molecule has 0 aliphatic heterocycles. The van der Waals surface area contributed by atoms with Crippen molar-refractivity contribution in [1.29, 1.82) is 0 Å². The molecule has 152 valence electrons. The van der Waals surface area contributed by atoms with Crippen molar-refractivity contribution in [1.82, 2.24) is 0 Å². The molecule has 4 aliphatic rings. The van der Waals surface area contributed by atoms with E-state index >= 15 is 0 Å². The van der Waals surface area contributed by atoms with Crippen LogP contribution in [0.5, 0.6) is 0 Å². The molecule has 26 heavy (non-hydrogen) atoms. The van der Waals surface area contributed by atoms with Gasteiger partial charge in [-0.25, -0.2) is 0 Å². The van der Waals surface area contributed by atoms with Crippen molar-refractivity contribution in [2.75, 3.05) is 7.11 Å². The van der Waals surface area contributed by atoms with Crippen LogP contribution in [0.25, 0.3) is 0 Å². The molecule has 2 heteroatoms.